The van der Waals surface area contributed by atoms with Crippen LogP contribution in [-0.4, -0.2) is 23.1 Å². The van der Waals surface area contributed by atoms with Crippen molar-refractivity contribution in [3.05, 3.63) is 36.1 Å². The normalized spacial score (nSPS) is 15.2. The van der Waals surface area contributed by atoms with E-state index in [1.54, 1.807) is 0 Å². The predicted octanol–water partition coefficient (Wildman–Crippen LogP) is 2.82. The molecule has 0 aromatic rings. The molecule has 0 heterocycles. The second kappa shape index (κ2) is 5.05. The molecule has 0 aliphatic heterocycles. The molecule has 8 heteroatoms. The van der Waals surface area contributed by atoms with E-state index in [4.69, 9.17) is 10.8 Å². The summed E-state index contributed by atoms with van der Waals surface area (Å²) in [5.74, 6) is 0. The van der Waals surface area contributed by atoms with Crippen LogP contribution < -0.4 is 5.73 Å². The van der Waals surface area contributed by atoms with Crippen molar-refractivity contribution in [1.82, 2.24) is 0 Å². The number of halogens is 6. The number of aliphatic hydroxyl groups is 1. The van der Waals surface area contributed by atoms with E-state index in [1.165, 1.54) is 0 Å². The molecule has 0 saturated heterocycles. The van der Waals surface area contributed by atoms with E-state index < -0.39 is 23.5 Å². The summed E-state index contributed by atoms with van der Waals surface area (Å²) in [7, 11) is 0. The molecule has 0 bridgehead atoms. The van der Waals surface area contributed by atoms with Gasteiger partial charge in [-0.15, -0.1) is 0 Å². The molecule has 0 amide bonds. The van der Waals surface area contributed by atoms with Crippen molar-refractivity contribution in [3.8, 4) is 0 Å². The number of alkyl halides is 6. The fourth-order valence-corrected chi connectivity index (χ4v) is 1.11. The largest absolute Gasteiger partial charge is 0.430 e. The van der Waals surface area contributed by atoms with Crippen molar-refractivity contribution in [3.63, 3.8) is 0 Å². The lowest BCUT2D eigenvalue weighted by Crippen LogP contribution is -2.57. The van der Waals surface area contributed by atoms with Crippen LogP contribution in [0.5, 0.6) is 0 Å². The monoisotopic (exact) mass is 275 g/mol. The number of rotatable bonds is 3. The molecule has 0 aromatic heterocycles. The molecular weight excluding hydrogens is 264 g/mol. The highest BCUT2D eigenvalue weighted by atomic mass is 19.4. The average Bonchev–Trinajstić information content (AvgIpc) is 2.14. The molecule has 0 aliphatic rings. The molecule has 18 heavy (non-hydrogen) atoms. The van der Waals surface area contributed by atoms with Gasteiger partial charge in [0.15, 0.2) is 0 Å². The Morgan fingerprint density at radius 3 is 1.67 bits per heavy atom. The zero-order valence-electron chi connectivity index (χ0n) is 9.23. The van der Waals surface area contributed by atoms with E-state index in [-0.39, 0.29) is 5.70 Å². The third-order valence-electron chi connectivity index (χ3n) is 2.03. The lowest BCUT2D eigenvalue weighted by atomic mass is 9.91. The van der Waals surface area contributed by atoms with Crippen molar-refractivity contribution >= 4 is 0 Å². The van der Waals surface area contributed by atoms with Gasteiger partial charge in [-0.1, -0.05) is 18.7 Å². The van der Waals surface area contributed by atoms with Gasteiger partial charge in [-0.25, -0.2) is 0 Å². The molecule has 0 unspecified atom stereocenters. The van der Waals surface area contributed by atoms with Gasteiger partial charge < -0.3 is 10.8 Å². The second-order valence-corrected chi connectivity index (χ2v) is 3.36. The zero-order chi connectivity index (χ0) is 14.8. The molecule has 3 N–H and O–H groups in total. The summed E-state index contributed by atoms with van der Waals surface area (Å²) in [6.45, 7) is 4.02. The van der Waals surface area contributed by atoms with Crippen LogP contribution in [0.2, 0.25) is 0 Å². The van der Waals surface area contributed by atoms with Crippen molar-refractivity contribution in [1.29, 1.82) is 0 Å². The maximum absolute atomic E-state index is 12.5. The van der Waals surface area contributed by atoms with Crippen LogP contribution in [0.3, 0.4) is 0 Å². The number of nitrogens with two attached hydrogens (primary N) is 1. The maximum Gasteiger partial charge on any atom is 0.430 e. The first kappa shape index (κ1) is 16.6. The van der Waals surface area contributed by atoms with Crippen molar-refractivity contribution in [2.75, 3.05) is 0 Å². The van der Waals surface area contributed by atoms with Gasteiger partial charge in [0.25, 0.3) is 5.60 Å². The summed E-state index contributed by atoms with van der Waals surface area (Å²) in [6, 6.07) is 0. The molecule has 2 nitrogen and oxygen atoms in total. The van der Waals surface area contributed by atoms with E-state index >= 15 is 0 Å². The van der Waals surface area contributed by atoms with Gasteiger partial charge in [0, 0.05) is 5.70 Å². The second-order valence-electron chi connectivity index (χ2n) is 3.36. The molecule has 0 saturated carbocycles. The SMILES string of the molecule is C=C(N)/C=C\C(=C/C)C(O)(C(F)(F)F)C(F)(F)F. The standard InChI is InChI=1S/C10H11F6NO/c1-3-7(5-4-6(2)17)8(18,9(11,12)13)10(14,15)16/h3-5,18H,2,17H2,1H3/b5-4-,7-3+. The van der Waals surface area contributed by atoms with Crippen LogP contribution in [0.15, 0.2) is 36.1 Å². The fraction of sp³-hybridized carbons (Fsp3) is 0.400. The van der Waals surface area contributed by atoms with Crippen molar-refractivity contribution in [2.24, 2.45) is 5.73 Å². The molecule has 0 aromatic carbocycles. The summed E-state index contributed by atoms with van der Waals surface area (Å²) in [5, 5.41) is 9.02. The highest BCUT2D eigenvalue weighted by Crippen LogP contribution is 2.47. The van der Waals surface area contributed by atoms with Crippen molar-refractivity contribution < 1.29 is 31.4 Å². The maximum atomic E-state index is 12.5. The Morgan fingerprint density at radius 2 is 1.44 bits per heavy atom. The van der Waals surface area contributed by atoms with E-state index in [0.717, 1.165) is 13.0 Å². The van der Waals surface area contributed by atoms with E-state index in [0.29, 0.717) is 12.2 Å². The summed E-state index contributed by atoms with van der Waals surface area (Å²) in [5.41, 5.74) is -1.57. The first-order valence-corrected chi connectivity index (χ1v) is 4.53. The molecule has 0 radical (unpaired) electrons. The highest BCUT2D eigenvalue weighted by Gasteiger charge is 2.71. The van der Waals surface area contributed by atoms with E-state index in [1.807, 2.05) is 0 Å². The molecular formula is C10H11F6NO. The van der Waals surface area contributed by atoms with E-state index in [2.05, 4.69) is 6.58 Å². The lowest BCUT2D eigenvalue weighted by molar-refractivity contribution is -0.350. The van der Waals surface area contributed by atoms with Gasteiger partial charge >= 0.3 is 12.4 Å². The minimum absolute atomic E-state index is 0.249. The third-order valence-corrected chi connectivity index (χ3v) is 2.03. The predicted molar refractivity (Wildman–Crippen MR) is 53.3 cm³/mol. The first-order chi connectivity index (χ1) is 7.88. The Labute approximate surface area is 99.1 Å². The average molecular weight is 275 g/mol. The molecule has 0 fully saturated rings. The van der Waals surface area contributed by atoms with Crippen LogP contribution in [0, 0.1) is 0 Å². The molecule has 0 spiro atoms. The van der Waals surface area contributed by atoms with Crippen molar-refractivity contribution in [2.45, 2.75) is 24.9 Å². The van der Waals surface area contributed by atoms with Gasteiger partial charge in [0.1, 0.15) is 0 Å². The number of hydrogen-bond donors (Lipinski definition) is 2. The zero-order valence-corrected chi connectivity index (χ0v) is 9.23. The van der Waals surface area contributed by atoms with Crippen LogP contribution >= 0.6 is 0 Å². The third kappa shape index (κ3) is 3.06. The number of hydrogen-bond acceptors (Lipinski definition) is 2. The summed E-state index contributed by atoms with van der Waals surface area (Å²) in [6.07, 6.45) is -10.2. The van der Waals surface area contributed by atoms with Crippen LogP contribution in [-0.2, 0) is 0 Å². The van der Waals surface area contributed by atoms with Gasteiger partial charge in [-0.2, -0.15) is 26.3 Å². The first-order valence-electron chi connectivity index (χ1n) is 4.53. The Hall–Kier alpha value is -1.44. The highest BCUT2D eigenvalue weighted by molar-refractivity contribution is 5.35. The minimum Gasteiger partial charge on any atom is -0.399 e. The van der Waals surface area contributed by atoms with Gasteiger partial charge in [-0.3, -0.25) is 0 Å². The van der Waals surface area contributed by atoms with Crippen LogP contribution in [0.1, 0.15) is 6.92 Å². The Kier molecular flexibility index (Phi) is 4.65. The Bertz CT molecular complexity index is 363. The van der Waals surface area contributed by atoms with E-state index in [9.17, 15) is 26.3 Å². The minimum atomic E-state index is -5.91. The Balaban J connectivity index is 5.82. The Morgan fingerprint density at radius 1 is 1.06 bits per heavy atom. The molecule has 104 valence electrons. The number of allylic oxidation sites excluding steroid dienone is 2. The lowest BCUT2D eigenvalue weighted by Gasteiger charge is -2.33. The molecule has 0 rings (SSSR count). The topological polar surface area (TPSA) is 46.2 Å². The van der Waals surface area contributed by atoms with Crippen LogP contribution in [0.4, 0.5) is 26.3 Å². The summed E-state index contributed by atoms with van der Waals surface area (Å²) >= 11 is 0. The summed E-state index contributed by atoms with van der Waals surface area (Å²) in [4.78, 5) is 0. The fourth-order valence-electron chi connectivity index (χ4n) is 1.11. The quantitative estimate of drug-likeness (QED) is 0.614. The van der Waals surface area contributed by atoms with Gasteiger partial charge in [0.2, 0.25) is 0 Å². The van der Waals surface area contributed by atoms with Gasteiger partial charge in [-0.05, 0) is 18.6 Å². The molecule has 0 atom stereocenters. The summed E-state index contributed by atoms with van der Waals surface area (Å²) < 4.78 is 74.8. The van der Waals surface area contributed by atoms with Crippen LogP contribution in [0.25, 0.3) is 0 Å². The smallest absolute Gasteiger partial charge is 0.399 e. The molecule has 0 aliphatic carbocycles. The van der Waals surface area contributed by atoms with Gasteiger partial charge in [0.05, 0.1) is 0 Å².